The van der Waals surface area contributed by atoms with Crippen molar-refractivity contribution in [2.75, 3.05) is 25.1 Å². The second-order valence-electron chi connectivity index (χ2n) is 6.14. The Morgan fingerprint density at radius 3 is 2.47 bits per heavy atom. The lowest BCUT2D eigenvalue weighted by Crippen LogP contribution is -2.20. The van der Waals surface area contributed by atoms with E-state index in [9.17, 15) is 9.59 Å². The number of anilines is 1. The highest BCUT2D eigenvalue weighted by Gasteiger charge is 2.06. The second-order valence-corrected chi connectivity index (χ2v) is 6.14. The molecule has 0 saturated heterocycles. The summed E-state index contributed by atoms with van der Waals surface area (Å²) in [5, 5.41) is 2.68. The zero-order chi connectivity index (χ0) is 21.2. The van der Waals surface area contributed by atoms with Gasteiger partial charge < -0.3 is 25.3 Å². The summed E-state index contributed by atoms with van der Waals surface area (Å²) in [7, 11) is 0. The van der Waals surface area contributed by atoms with Gasteiger partial charge in [-0.2, -0.15) is 0 Å². The molecule has 0 fully saturated rings. The average Bonchev–Trinajstić information content (AvgIpc) is 2.76. The first-order valence-corrected chi connectivity index (χ1v) is 9.19. The summed E-state index contributed by atoms with van der Waals surface area (Å²) < 4.78 is 16.4. The van der Waals surface area contributed by atoms with Crippen LogP contribution in [0.2, 0.25) is 0 Å². The van der Waals surface area contributed by atoms with E-state index in [2.05, 4.69) is 10.3 Å². The first kappa shape index (κ1) is 20.8. The van der Waals surface area contributed by atoms with Crippen LogP contribution in [0.4, 0.5) is 5.69 Å². The monoisotopic (exact) mass is 407 g/mol. The molecule has 2 amide bonds. The number of carbonyl (C=O) groups is 2. The van der Waals surface area contributed by atoms with Crippen molar-refractivity contribution in [3.05, 3.63) is 78.5 Å². The van der Waals surface area contributed by atoms with E-state index in [0.717, 1.165) is 5.75 Å². The number of rotatable bonds is 10. The highest BCUT2D eigenvalue weighted by Crippen LogP contribution is 2.21. The van der Waals surface area contributed by atoms with Gasteiger partial charge in [0.25, 0.3) is 0 Å². The summed E-state index contributed by atoms with van der Waals surface area (Å²) >= 11 is 0. The van der Waals surface area contributed by atoms with Crippen LogP contribution in [0.3, 0.4) is 0 Å². The summed E-state index contributed by atoms with van der Waals surface area (Å²) in [6.45, 7) is 0.538. The molecule has 3 N–H and O–H groups in total. The number of primary amides is 1. The van der Waals surface area contributed by atoms with E-state index in [1.165, 1.54) is 12.3 Å². The van der Waals surface area contributed by atoms with Crippen LogP contribution in [0.25, 0.3) is 0 Å². The quantitative estimate of drug-likeness (QED) is 0.500. The highest BCUT2D eigenvalue weighted by molar-refractivity contribution is 5.93. The third-order valence-electron chi connectivity index (χ3n) is 3.83. The van der Waals surface area contributed by atoms with Crippen LogP contribution in [0, 0.1) is 0 Å². The number of hydrogen-bond acceptors (Lipinski definition) is 6. The van der Waals surface area contributed by atoms with Gasteiger partial charge >= 0.3 is 0 Å². The van der Waals surface area contributed by atoms with Gasteiger partial charge in [0.15, 0.2) is 0 Å². The van der Waals surface area contributed by atoms with Crippen LogP contribution in [-0.2, 0) is 9.53 Å². The zero-order valence-corrected chi connectivity index (χ0v) is 16.1. The number of aromatic nitrogens is 1. The summed E-state index contributed by atoms with van der Waals surface area (Å²) in [6.07, 6.45) is 1.46. The molecule has 0 radical (unpaired) electrons. The Morgan fingerprint density at radius 1 is 0.933 bits per heavy atom. The Kier molecular flexibility index (Phi) is 7.34. The first-order chi connectivity index (χ1) is 14.6. The molecule has 1 heterocycles. The SMILES string of the molecule is NC(=O)c1cccc(Oc2ccc(NC(=O)COCCOc3ccccc3)cn2)c1. The molecule has 0 aliphatic heterocycles. The molecule has 2 aromatic carbocycles. The molecule has 0 unspecified atom stereocenters. The molecule has 0 atom stereocenters. The fourth-order valence-electron chi connectivity index (χ4n) is 2.45. The number of benzene rings is 2. The van der Waals surface area contributed by atoms with Gasteiger partial charge in [0, 0.05) is 11.6 Å². The summed E-state index contributed by atoms with van der Waals surface area (Å²) in [6, 6.07) is 19.1. The van der Waals surface area contributed by atoms with Gasteiger partial charge in [-0.1, -0.05) is 24.3 Å². The lowest BCUT2D eigenvalue weighted by molar-refractivity contribution is -0.120. The summed E-state index contributed by atoms with van der Waals surface area (Å²) in [5.74, 6) is 0.644. The number of hydrogen-bond donors (Lipinski definition) is 2. The van der Waals surface area contributed by atoms with Crippen LogP contribution in [-0.4, -0.2) is 36.6 Å². The molecule has 8 heteroatoms. The molecule has 0 bridgehead atoms. The number of nitrogens with one attached hydrogen (secondary N) is 1. The summed E-state index contributed by atoms with van der Waals surface area (Å²) in [5.41, 5.74) is 6.09. The molecule has 154 valence electrons. The van der Waals surface area contributed by atoms with Crippen molar-refractivity contribution in [2.45, 2.75) is 0 Å². The molecular formula is C22H21N3O5. The second kappa shape index (κ2) is 10.6. The molecule has 3 rings (SSSR count). The maximum absolute atomic E-state index is 11.9. The Hall–Kier alpha value is -3.91. The van der Waals surface area contributed by atoms with E-state index in [0.29, 0.717) is 29.5 Å². The maximum atomic E-state index is 11.9. The van der Waals surface area contributed by atoms with Gasteiger partial charge in [0.1, 0.15) is 24.7 Å². The number of carbonyl (C=O) groups excluding carboxylic acids is 2. The predicted molar refractivity (Wildman–Crippen MR) is 111 cm³/mol. The molecule has 0 aliphatic rings. The largest absolute Gasteiger partial charge is 0.491 e. The minimum absolute atomic E-state index is 0.101. The van der Waals surface area contributed by atoms with E-state index >= 15 is 0 Å². The maximum Gasteiger partial charge on any atom is 0.250 e. The highest BCUT2D eigenvalue weighted by atomic mass is 16.5. The number of ether oxygens (including phenoxy) is 3. The molecule has 3 aromatic rings. The normalized spacial score (nSPS) is 10.3. The molecule has 30 heavy (non-hydrogen) atoms. The van der Waals surface area contributed by atoms with Crippen LogP contribution in [0.15, 0.2) is 72.9 Å². The third kappa shape index (κ3) is 6.61. The van der Waals surface area contributed by atoms with Crippen LogP contribution >= 0.6 is 0 Å². The fourth-order valence-corrected chi connectivity index (χ4v) is 2.45. The van der Waals surface area contributed by atoms with Crippen molar-refractivity contribution in [3.8, 4) is 17.4 Å². The van der Waals surface area contributed by atoms with Gasteiger partial charge in [-0.3, -0.25) is 9.59 Å². The topological polar surface area (TPSA) is 113 Å². The van der Waals surface area contributed by atoms with Gasteiger partial charge in [-0.15, -0.1) is 0 Å². The van der Waals surface area contributed by atoms with Crippen molar-refractivity contribution in [1.29, 1.82) is 0 Å². The Balaban J connectivity index is 1.40. The van der Waals surface area contributed by atoms with Gasteiger partial charge in [0.2, 0.25) is 17.7 Å². The molecular weight excluding hydrogens is 386 g/mol. The Labute approximate surface area is 173 Å². The molecule has 1 aromatic heterocycles. The van der Waals surface area contributed by atoms with Gasteiger partial charge in [0.05, 0.1) is 18.5 Å². The van der Waals surface area contributed by atoms with Crippen molar-refractivity contribution >= 4 is 17.5 Å². The smallest absolute Gasteiger partial charge is 0.250 e. The Bertz CT molecular complexity index is 978. The fraction of sp³-hybridized carbons (Fsp3) is 0.136. The minimum Gasteiger partial charge on any atom is -0.491 e. The van der Waals surface area contributed by atoms with E-state index in [1.54, 1.807) is 30.3 Å². The van der Waals surface area contributed by atoms with Crippen molar-refractivity contribution in [3.63, 3.8) is 0 Å². The summed E-state index contributed by atoms with van der Waals surface area (Å²) in [4.78, 5) is 27.3. The molecule has 8 nitrogen and oxygen atoms in total. The van der Waals surface area contributed by atoms with Crippen LogP contribution in [0.5, 0.6) is 17.4 Å². The van der Waals surface area contributed by atoms with Gasteiger partial charge in [-0.05, 0) is 36.4 Å². The molecule has 0 spiro atoms. The van der Waals surface area contributed by atoms with Crippen LogP contribution in [0.1, 0.15) is 10.4 Å². The van der Waals surface area contributed by atoms with Crippen molar-refractivity contribution in [2.24, 2.45) is 5.73 Å². The third-order valence-corrected chi connectivity index (χ3v) is 3.83. The molecule has 0 aliphatic carbocycles. The van der Waals surface area contributed by atoms with Gasteiger partial charge in [-0.25, -0.2) is 4.98 Å². The first-order valence-electron chi connectivity index (χ1n) is 9.19. The van der Waals surface area contributed by atoms with E-state index in [1.807, 2.05) is 30.3 Å². The van der Waals surface area contributed by atoms with E-state index < -0.39 is 5.91 Å². The number of para-hydroxylation sites is 1. The lowest BCUT2D eigenvalue weighted by atomic mass is 10.2. The predicted octanol–water partition coefficient (Wildman–Crippen LogP) is 3.01. The van der Waals surface area contributed by atoms with Crippen molar-refractivity contribution < 1.29 is 23.8 Å². The van der Waals surface area contributed by atoms with E-state index in [-0.39, 0.29) is 19.1 Å². The standard InChI is InChI=1S/C22H21N3O5/c23-22(27)16-5-4-8-19(13-16)30-21-10-9-17(14-24-21)25-20(26)15-28-11-12-29-18-6-2-1-3-7-18/h1-10,13-14H,11-12,15H2,(H2,23,27)(H,25,26). The lowest BCUT2D eigenvalue weighted by Gasteiger charge is -2.09. The van der Waals surface area contributed by atoms with Crippen LogP contribution < -0.4 is 20.5 Å². The zero-order valence-electron chi connectivity index (χ0n) is 16.1. The average molecular weight is 407 g/mol. The number of pyridine rings is 1. The number of nitrogens with two attached hydrogens (primary N) is 1. The number of amides is 2. The minimum atomic E-state index is -0.541. The number of nitrogens with zero attached hydrogens (tertiary/aromatic N) is 1. The van der Waals surface area contributed by atoms with E-state index in [4.69, 9.17) is 19.9 Å². The molecule has 0 saturated carbocycles. The van der Waals surface area contributed by atoms with Crippen molar-refractivity contribution in [1.82, 2.24) is 4.98 Å². The Morgan fingerprint density at radius 2 is 1.73 bits per heavy atom.